The zero-order chi connectivity index (χ0) is 20.4. The topological polar surface area (TPSA) is 67.4 Å². The largest absolute Gasteiger partial charge is 0.497 e. The van der Waals surface area contributed by atoms with Crippen molar-refractivity contribution in [2.75, 3.05) is 59.7 Å². The third-order valence-electron chi connectivity index (χ3n) is 5.80. The number of methoxy groups -OCH3 is 1. The van der Waals surface area contributed by atoms with Crippen LogP contribution in [-0.2, 0) is 4.74 Å². The number of ether oxygens (including phenoxy) is 3. The van der Waals surface area contributed by atoms with Crippen molar-refractivity contribution in [1.82, 2.24) is 15.5 Å². The molecule has 2 saturated heterocycles. The number of hydrogen-bond acceptors (Lipinski definition) is 5. The summed E-state index contributed by atoms with van der Waals surface area (Å²) in [6.07, 6.45) is 4.73. The lowest BCUT2D eigenvalue weighted by atomic mass is 9.88. The summed E-state index contributed by atoms with van der Waals surface area (Å²) in [7, 11) is 1.66. The summed E-state index contributed by atoms with van der Waals surface area (Å²) in [4.78, 5) is 7.59. The monoisotopic (exact) mass is 532 g/mol. The van der Waals surface area contributed by atoms with Crippen molar-refractivity contribution in [2.24, 2.45) is 4.99 Å². The van der Waals surface area contributed by atoms with Crippen molar-refractivity contribution in [3.8, 4) is 11.5 Å². The summed E-state index contributed by atoms with van der Waals surface area (Å²) in [5.41, 5.74) is 0.150. The maximum atomic E-state index is 5.80. The summed E-state index contributed by atoms with van der Waals surface area (Å²) >= 11 is 0. The molecule has 0 aliphatic carbocycles. The fourth-order valence-electron chi connectivity index (χ4n) is 4.10. The molecule has 0 amide bonds. The molecule has 0 spiro atoms. The van der Waals surface area contributed by atoms with E-state index in [9.17, 15) is 0 Å². The Morgan fingerprint density at radius 3 is 2.40 bits per heavy atom. The van der Waals surface area contributed by atoms with Crippen LogP contribution in [0.15, 0.2) is 29.3 Å². The summed E-state index contributed by atoms with van der Waals surface area (Å²) in [5, 5.41) is 6.76. The highest BCUT2D eigenvalue weighted by Crippen LogP contribution is 2.31. The molecule has 1 aromatic rings. The van der Waals surface area contributed by atoms with Gasteiger partial charge < -0.3 is 24.8 Å². The Hall–Kier alpha value is -1.26. The lowest BCUT2D eigenvalue weighted by molar-refractivity contribution is -0.0139. The SMILES string of the molecule is CCNC(=NCC1(N2CCCC2)CCOCC1)NCCOc1ccc(OC)cc1.I. The molecule has 0 radical (unpaired) electrons. The molecule has 2 heterocycles. The number of nitrogens with zero attached hydrogens (tertiary/aromatic N) is 2. The Labute approximate surface area is 197 Å². The standard InChI is InChI=1S/C22H36N4O3.HI/c1-3-23-21(24-12-17-29-20-8-6-19(27-2)7-9-20)25-18-22(10-15-28-16-11-22)26-13-4-5-14-26;/h6-9H,3-5,10-18H2,1-2H3,(H2,23,24,25);1H. The number of halogens is 1. The van der Waals surface area contributed by atoms with Crippen LogP contribution in [-0.4, -0.2) is 76.1 Å². The Bertz CT molecular complexity index is 630. The third kappa shape index (κ3) is 7.16. The van der Waals surface area contributed by atoms with Crippen LogP contribution in [0.25, 0.3) is 0 Å². The van der Waals surface area contributed by atoms with E-state index in [2.05, 4.69) is 22.5 Å². The van der Waals surface area contributed by atoms with Gasteiger partial charge in [-0.25, -0.2) is 0 Å². The van der Waals surface area contributed by atoms with Gasteiger partial charge in [-0.2, -0.15) is 0 Å². The number of hydrogen-bond donors (Lipinski definition) is 2. The average Bonchev–Trinajstić information content (AvgIpc) is 3.32. The molecule has 170 valence electrons. The Kier molecular flexibility index (Phi) is 11.0. The maximum Gasteiger partial charge on any atom is 0.191 e. The van der Waals surface area contributed by atoms with Crippen molar-refractivity contribution in [3.05, 3.63) is 24.3 Å². The number of rotatable bonds is 9. The van der Waals surface area contributed by atoms with Gasteiger partial charge in [0.15, 0.2) is 5.96 Å². The van der Waals surface area contributed by atoms with E-state index in [0.717, 1.165) is 56.6 Å². The summed E-state index contributed by atoms with van der Waals surface area (Å²) in [6.45, 7) is 9.06. The van der Waals surface area contributed by atoms with Gasteiger partial charge in [-0.15, -0.1) is 24.0 Å². The van der Waals surface area contributed by atoms with Gasteiger partial charge in [-0.3, -0.25) is 9.89 Å². The molecule has 8 heteroatoms. The minimum atomic E-state index is 0. The lowest BCUT2D eigenvalue weighted by Gasteiger charge is -2.43. The number of nitrogens with one attached hydrogen (secondary N) is 2. The molecule has 0 saturated carbocycles. The van der Waals surface area contributed by atoms with E-state index in [0.29, 0.717) is 13.2 Å². The van der Waals surface area contributed by atoms with Gasteiger partial charge in [0.25, 0.3) is 0 Å². The fraction of sp³-hybridized carbons (Fsp3) is 0.682. The Balaban J connectivity index is 0.00000320. The summed E-state index contributed by atoms with van der Waals surface area (Å²) in [6, 6.07) is 7.64. The molecule has 0 unspecified atom stereocenters. The Morgan fingerprint density at radius 2 is 1.77 bits per heavy atom. The molecule has 2 fully saturated rings. The van der Waals surface area contributed by atoms with Gasteiger partial charge >= 0.3 is 0 Å². The molecule has 0 atom stereocenters. The first-order valence-corrected chi connectivity index (χ1v) is 10.9. The lowest BCUT2D eigenvalue weighted by Crippen LogP contribution is -2.54. The van der Waals surface area contributed by atoms with Crippen molar-refractivity contribution in [2.45, 2.75) is 38.1 Å². The highest BCUT2D eigenvalue weighted by molar-refractivity contribution is 14.0. The highest BCUT2D eigenvalue weighted by Gasteiger charge is 2.39. The second kappa shape index (κ2) is 13.2. The predicted octanol–water partition coefficient (Wildman–Crippen LogP) is 2.89. The zero-order valence-electron chi connectivity index (χ0n) is 18.3. The maximum absolute atomic E-state index is 5.80. The van der Waals surface area contributed by atoms with E-state index in [4.69, 9.17) is 19.2 Å². The van der Waals surface area contributed by atoms with Crippen molar-refractivity contribution in [3.63, 3.8) is 0 Å². The van der Waals surface area contributed by atoms with E-state index < -0.39 is 0 Å². The van der Waals surface area contributed by atoms with E-state index in [1.54, 1.807) is 7.11 Å². The molecule has 3 rings (SSSR count). The number of guanidine groups is 1. The highest BCUT2D eigenvalue weighted by atomic mass is 127. The first-order chi connectivity index (χ1) is 14.3. The van der Waals surface area contributed by atoms with Gasteiger partial charge in [-0.05, 0) is 70.0 Å². The second-order valence-electron chi connectivity index (χ2n) is 7.68. The Morgan fingerprint density at radius 1 is 1.10 bits per heavy atom. The third-order valence-corrected chi connectivity index (χ3v) is 5.80. The quantitative estimate of drug-likeness (QED) is 0.221. The van der Waals surface area contributed by atoms with Crippen LogP contribution >= 0.6 is 24.0 Å². The molecule has 30 heavy (non-hydrogen) atoms. The molecule has 2 aliphatic heterocycles. The molecule has 7 nitrogen and oxygen atoms in total. The minimum absolute atomic E-state index is 0. The van der Waals surface area contributed by atoms with Crippen LogP contribution in [0.5, 0.6) is 11.5 Å². The molecule has 2 N–H and O–H groups in total. The second-order valence-corrected chi connectivity index (χ2v) is 7.68. The average molecular weight is 532 g/mol. The predicted molar refractivity (Wildman–Crippen MR) is 131 cm³/mol. The van der Waals surface area contributed by atoms with E-state index in [1.807, 2.05) is 24.3 Å². The van der Waals surface area contributed by atoms with Crippen LogP contribution in [0.2, 0.25) is 0 Å². The summed E-state index contributed by atoms with van der Waals surface area (Å²) in [5.74, 6) is 2.53. The van der Waals surface area contributed by atoms with Gasteiger partial charge in [0.1, 0.15) is 18.1 Å². The van der Waals surface area contributed by atoms with Crippen LogP contribution < -0.4 is 20.1 Å². The van der Waals surface area contributed by atoms with Crippen molar-refractivity contribution in [1.29, 1.82) is 0 Å². The van der Waals surface area contributed by atoms with E-state index in [-0.39, 0.29) is 29.5 Å². The molecule has 2 aliphatic rings. The van der Waals surface area contributed by atoms with Gasteiger partial charge in [-0.1, -0.05) is 0 Å². The van der Waals surface area contributed by atoms with Crippen LogP contribution in [0.3, 0.4) is 0 Å². The van der Waals surface area contributed by atoms with Gasteiger partial charge in [0.05, 0.1) is 20.2 Å². The van der Waals surface area contributed by atoms with Crippen LogP contribution in [0.4, 0.5) is 0 Å². The van der Waals surface area contributed by atoms with Crippen LogP contribution in [0.1, 0.15) is 32.6 Å². The fourth-order valence-corrected chi connectivity index (χ4v) is 4.10. The smallest absolute Gasteiger partial charge is 0.191 e. The van der Waals surface area contributed by atoms with Gasteiger partial charge in [0, 0.05) is 25.3 Å². The molecule has 1 aromatic carbocycles. The minimum Gasteiger partial charge on any atom is -0.497 e. The normalized spacial score (nSPS) is 19.1. The number of benzene rings is 1. The summed E-state index contributed by atoms with van der Waals surface area (Å²) < 4.78 is 16.6. The van der Waals surface area contributed by atoms with E-state index in [1.165, 1.54) is 25.9 Å². The first-order valence-electron chi connectivity index (χ1n) is 10.9. The number of likely N-dealkylation sites (tertiary alicyclic amines) is 1. The van der Waals surface area contributed by atoms with Crippen molar-refractivity contribution < 1.29 is 14.2 Å². The van der Waals surface area contributed by atoms with Gasteiger partial charge in [0.2, 0.25) is 0 Å². The zero-order valence-corrected chi connectivity index (χ0v) is 20.7. The molecule has 0 aromatic heterocycles. The van der Waals surface area contributed by atoms with Crippen LogP contribution in [0, 0.1) is 0 Å². The number of aliphatic imine (C=N–C) groups is 1. The molecular formula is C22H37IN4O3. The van der Waals surface area contributed by atoms with Crippen molar-refractivity contribution >= 4 is 29.9 Å². The first kappa shape index (κ1) is 25.0. The molecular weight excluding hydrogens is 495 g/mol. The molecule has 0 bridgehead atoms. The van der Waals surface area contributed by atoms with E-state index >= 15 is 0 Å².